The number of aromatic nitrogens is 2. The molecule has 0 aliphatic rings. The van der Waals surface area contributed by atoms with Gasteiger partial charge in [-0.15, -0.1) is 0 Å². The van der Waals surface area contributed by atoms with E-state index >= 15 is 0 Å². The highest BCUT2D eigenvalue weighted by atomic mass is 32.2. The topological polar surface area (TPSA) is 115 Å². The van der Waals surface area contributed by atoms with E-state index in [1.54, 1.807) is 62.4 Å². The Morgan fingerprint density at radius 1 is 1.10 bits per heavy atom. The minimum atomic E-state index is -3.35. The molecule has 0 saturated carbocycles. The van der Waals surface area contributed by atoms with Crippen molar-refractivity contribution >= 4 is 27.2 Å². The summed E-state index contributed by atoms with van der Waals surface area (Å²) in [6, 6.07) is 13.6. The lowest BCUT2D eigenvalue weighted by Crippen LogP contribution is -2.13. The SMILES string of the molecule is CC(=O)Nc1cccc(C#Cc2nc(-c3ccc(S(=O)(=O)C(C)C)cc3)cnc2N)c1. The number of hydrogen-bond donors (Lipinski definition) is 2. The highest BCUT2D eigenvalue weighted by Gasteiger charge is 2.19. The van der Waals surface area contributed by atoms with Crippen molar-refractivity contribution in [1.82, 2.24) is 9.97 Å². The first kappa shape index (κ1) is 22.0. The van der Waals surface area contributed by atoms with Crippen LogP contribution < -0.4 is 11.1 Å². The van der Waals surface area contributed by atoms with Gasteiger partial charge in [0.2, 0.25) is 5.91 Å². The summed E-state index contributed by atoms with van der Waals surface area (Å²) in [5.74, 6) is 5.91. The molecule has 0 aliphatic carbocycles. The van der Waals surface area contributed by atoms with Crippen molar-refractivity contribution in [2.24, 2.45) is 0 Å². The molecule has 7 nitrogen and oxygen atoms in total. The Hall–Kier alpha value is -3.70. The van der Waals surface area contributed by atoms with Crippen LogP contribution in [0.15, 0.2) is 59.6 Å². The third-order valence-electron chi connectivity index (χ3n) is 4.41. The van der Waals surface area contributed by atoms with Crippen molar-refractivity contribution in [3.63, 3.8) is 0 Å². The summed E-state index contributed by atoms with van der Waals surface area (Å²) < 4.78 is 24.6. The number of nitrogens with two attached hydrogens (primary N) is 1. The summed E-state index contributed by atoms with van der Waals surface area (Å²) in [6.45, 7) is 4.72. The molecule has 0 aliphatic heterocycles. The van der Waals surface area contributed by atoms with Crippen LogP contribution in [-0.4, -0.2) is 29.5 Å². The lowest BCUT2D eigenvalue weighted by atomic mass is 10.1. The molecule has 3 rings (SSSR count). The predicted molar refractivity (Wildman–Crippen MR) is 121 cm³/mol. The molecule has 0 atom stereocenters. The van der Waals surface area contributed by atoms with Crippen LogP contribution in [0.3, 0.4) is 0 Å². The molecule has 0 radical (unpaired) electrons. The lowest BCUT2D eigenvalue weighted by molar-refractivity contribution is -0.114. The summed E-state index contributed by atoms with van der Waals surface area (Å²) in [7, 11) is -3.35. The molecule has 0 unspecified atom stereocenters. The van der Waals surface area contributed by atoms with Gasteiger partial charge >= 0.3 is 0 Å². The number of nitrogen functional groups attached to an aromatic ring is 1. The van der Waals surface area contributed by atoms with Gasteiger partial charge in [0.15, 0.2) is 21.3 Å². The third-order valence-corrected chi connectivity index (χ3v) is 6.58. The van der Waals surface area contributed by atoms with Crippen molar-refractivity contribution in [2.45, 2.75) is 30.9 Å². The summed E-state index contributed by atoms with van der Waals surface area (Å²) in [4.78, 5) is 20.1. The first-order valence-corrected chi connectivity index (χ1v) is 11.1. The standard InChI is InChI=1S/C23H22N4O3S/c1-15(2)31(29,30)20-10-8-18(9-11-20)22-14-25-23(24)21(27-22)12-7-17-5-4-6-19(13-17)26-16(3)28/h4-6,8-11,13-15H,1-3H3,(H2,24,25)(H,26,28). The van der Waals surface area contributed by atoms with Gasteiger partial charge in [0.1, 0.15) is 0 Å². The van der Waals surface area contributed by atoms with Crippen LogP contribution in [0.1, 0.15) is 32.0 Å². The second-order valence-corrected chi connectivity index (χ2v) is 9.62. The zero-order chi connectivity index (χ0) is 22.6. The van der Waals surface area contributed by atoms with Crippen molar-refractivity contribution in [3.8, 4) is 23.1 Å². The van der Waals surface area contributed by atoms with E-state index in [4.69, 9.17) is 5.73 Å². The molecule has 0 saturated heterocycles. The van der Waals surface area contributed by atoms with Crippen LogP contribution in [0.25, 0.3) is 11.3 Å². The Kier molecular flexibility index (Phi) is 6.37. The van der Waals surface area contributed by atoms with E-state index in [-0.39, 0.29) is 16.6 Å². The van der Waals surface area contributed by atoms with Gasteiger partial charge in [-0.2, -0.15) is 0 Å². The maximum atomic E-state index is 12.3. The third kappa shape index (κ3) is 5.27. The summed E-state index contributed by atoms with van der Waals surface area (Å²) in [5, 5.41) is 2.21. The van der Waals surface area contributed by atoms with Gasteiger partial charge in [0, 0.05) is 23.7 Å². The molecule has 0 bridgehead atoms. The molecule has 158 valence electrons. The minimum absolute atomic E-state index is 0.167. The number of nitrogens with one attached hydrogen (secondary N) is 1. The van der Waals surface area contributed by atoms with E-state index in [0.717, 1.165) is 0 Å². The molecule has 3 aromatic rings. The maximum Gasteiger partial charge on any atom is 0.221 e. The first-order chi connectivity index (χ1) is 14.7. The van der Waals surface area contributed by atoms with Gasteiger partial charge in [-0.25, -0.2) is 18.4 Å². The Labute approximate surface area is 181 Å². The molecule has 1 heterocycles. The van der Waals surface area contributed by atoms with Crippen LogP contribution in [0.4, 0.5) is 11.5 Å². The number of carbonyl (C=O) groups excluding carboxylic acids is 1. The normalized spacial score (nSPS) is 11.0. The van der Waals surface area contributed by atoms with E-state index in [2.05, 4.69) is 27.1 Å². The van der Waals surface area contributed by atoms with Crippen LogP contribution in [0, 0.1) is 11.8 Å². The van der Waals surface area contributed by atoms with Crippen LogP contribution in [0.5, 0.6) is 0 Å². The lowest BCUT2D eigenvalue weighted by Gasteiger charge is -2.08. The van der Waals surface area contributed by atoms with Crippen LogP contribution >= 0.6 is 0 Å². The zero-order valence-corrected chi connectivity index (χ0v) is 18.2. The number of benzene rings is 2. The molecule has 8 heteroatoms. The smallest absolute Gasteiger partial charge is 0.221 e. The Balaban J connectivity index is 1.90. The summed E-state index contributed by atoms with van der Waals surface area (Å²) >= 11 is 0. The molecule has 0 spiro atoms. The minimum Gasteiger partial charge on any atom is -0.381 e. The highest BCUT2D eigenvalue weighted by Crippen LogP contribution is 2.22. The number of amides is 1. The number of anilines is 2. The Morgan fingerprint density at radius 2 is 1.81 bits per heavy atom. The second-order valence-electron chi connectivity index (χ2n) is 7.12. The molecule has 3 N–H and O–H groups in total. The maximum absolute atomic E-state index is 12.3. The van der Waals surface area contributed by atoms with Gasteiger partial charge in [-0.3, -0.25) is 4.79 Å². The van der Waals surface area contributed by atoms with Gasteiger partial charge in [-0.1, -0.05) is 24.1 Å². The quantitative estimate of drug-likeness (QED) is 0.609. The van der Waals surface area contributed by atoms with E-state index in [1.807, 2.05) is 0 Å². The Bertz CT molecular complexity index is 1290. The molecule has 1 aromatic heterocycles. The Morgan fingerprint density at radius 3 is 2.45 bits per heavy atom. The van der Waals surface area contributed by atoms with Crippen molar-refractivity contribution < 1.29 is 13.2 Å². The monoisotopic (exact) mass is 434 g/mol. The largest absolute Gasteiger partial charge is 0.381 e. The average molecular weight is 435 g/mol. The number of sulfone groups is 1. The summed E-state index contributed by atoms with van der Waals surface area (Å²) in [6.07, 6.45) is 1.52. The van der Waals surface area contributed by atoms with Gasteiger partial charge in [0.05, 0.1) is 22.0 Å². The van der Waals surface area contributed by atoms with E-state index in [0.29, 0.717) is 28.2 Å². The van der Waals surface area contributed by atoms with Crippen molar-refractivity contribution in [1.29, 1.82) is 0 Å². The predicted octanol–water partition coefficient (Wildman–Crippen LogP) is 3.27. The van der Waals surface area contributed by atoms with Gasteiger partial charge in [0.25, 0.3) is 0 Å². The summed E-state index contributed by atoms with van der Waals surface area (Å²) in [5.41, 5.74) is 8.79. The number of carbonyl (C=O) groups is 1. The second kappa shape index (κ2) is 8.98. The van der Waals surface area contributed by atoms with E-state index in [1.165, 1.54) is 13.1 Å². The van der Waals surface area contributed by atoms with Gasteiger partial charge < -0.3 is 11.1 Å². The molecular weight excluding hydrogens is 412 g/mol. The fraction of sp³-hybridized carbons (Fsp3) is 0.174. The zero-order valence-electron chi connectivity index (χ0n) is 17.4. The fourth-order valence-electron chi connectivity index (χ4n) is 2.73. The number of hydrogen-bond acceptors (Lipinski definition) is 6. The molecular formula is C23H22N4O3S. The fourth-order valence-corrected chi connectivity index (χ4v) is 3.79. The van der Waals surface area contributed by atoms with E-state index < -0.39 is 15.1 Å². The van der Waals surface area contributed by atoms with Crippen LogP contribution in [0.2, 0.25) is 0 Å². The average Bonchev–Trinajstić information content (AvgIpc) is 2.73. The van der Waals surface area contributed by atoms with Gasteiger partial charge in [-0.05, 0) is 50.1 Å². The van der Waals surface area contributed by atoms with Crippen LogP contribution in [-0.2, 0) is 14.6 Å². The molecule has 1 amide bonds. The molecule has 2 aromatic carbocycles. The van der Waals surface area contributed by atoms with Crippen molar-refractivity contribution in [3.05, 3.63) is 66.0 Å². The first-order valence-electron chi connectivity index (χ1n) is 9.53. The number of nitrogens with zero attached hydrogens (tertiary/aromatic N) is 2. The number of rotatable bonds is 4. The molecule has 0 fully saturated rings. The highest BCUT2D eigenvalue weighted by molar-refractivity contribution is 7.92. The van der Waals surface area contributed by atoms with Crippen molar-refractivity contribution in [2.75, 3.05) is 11.1 Å². The van der Waals surface area contributed by atoms with E-state index in [9.17, 15) is 13.2 Å². The molecule has 31 heavy (non-hydrogen) atoms.